The highest BCUT2D eigenvalue weighted by Gasteiger charge is 2.13. The molecule has 3 aromatic heterocycles. The van der Waals surface area contributed by atoms with Crippen molar-refractivity contribution in [3.8, 4) is 11.6 Å². The Morgan fingerprint density at radius 2 is 1.81 bits per heavy atom. The van der Waals surface area contributed by atoms with Crippen LogP contribution in [0.4, 0.5) is 17.3 Å². The van der Waals surface area contributed by atoms with Gasteiger partial charge in [0.15, 0.2) is 11.6 Å². The lowest BCUT2D eigenvalue weighted by Gasteiger charge is -2.12. The summed E-state index contributed by atoms with van der Waals surface area (Å²) >= 11 is 0. The smallest absolute Gasteiger partial charge is 0.248 e. The van der Waals surface area contributed by atoms with Gasteiger partial charge in [-0.2, -0.15) is 4.98 Å². The number of ether oxygens (including phenoxy) is 1. The Kier molecular flexibility index (Phi) is 4.03. The third-order valence-electron chi connectivity index (χ3n) is 3.78. The second-order valence-electron chi connectivity index (χ2n) is 5.66. The number of pyridine rings is 2. The highest BCUT2D eigenvalue weighted by Crippen LogP contribution is 2.33. The van der Waals surface area contributed by atoms with E-state index >= 15 is 0 Å². The first-order valence-corrected chi connectivity index (χ1v) is 8.03. The zero-order valence-electron chi connectivity index (χ0n) is 14.0. The zero-order chi connectivity index (χ0) is 17.9. The number of nitrogens with two attached hydrogens (primary N) is 1. The van der Waals surface area contributed by atoms with Crippen molar-refractivity contribution >= 4 is 28.2 Å². The van der Waals surface area contributed by atoms with Crippen LogP contribution in [0, 0.1) is 6.92 Å². The number of hydrogen-bond acceptors (Lipinski definition) is 7. The molecule has 0 saturated heterocycles. The average Bonchev–Trinajstić information content (AvgIpc) is 2.65. The van der Waals surface area contributed by atoms with Crippen LogP contribution in [0.15, 0.2) is 61.1 Å². The molecule has 4 rings (SSSR count). The monoisotopic (exact) mass is 344 g/mol. The summed E-state index contributed by atoms with van der Waals surface area (Å²) in [6, 6.07) is 15.2. The van der Waals surface area contributed by atoms with E-state index in [1.165, 1.54) is 6.33 Å². The van der Waals surface area contributed by atoms with Crippen molar-refractivity contribution in [3.05, 3.63) is 66.7 Å². The Bertz CT molecular complexity index is 1080. The molecule has 0 atom stereocenters. The minimum atomic E-state index is 0.258. The Morgan fingerprint density at radius 1 is 0.962 bits per heavy atom. The number of para-hydroxylation sites is 1. The molecule has 0 fully saturated rings. The number of nitrogens with zero attached hydrogens (tertiary/aromatic N) is 4. The third-order valence-corrected chi connectivity index (χ3v) is 3.78. The predicted octanol–water partition coefficient (Wildman–Crippen LogP) is 3.85. The number of nitrogen functional groups attached to an aromatic ring is 1. The summed E-state index contributed by atoms with van der Waals surface area (Å²) in [7, 11) is 0. The second kappa shape index (κ2) is 6.64. The van der Waals surface area contributed by atoms with Crippen LogP contribution in [0.3, 0.4) is 0 Å². The normalized spacial score (nSPS) is 10.7. The zero-order valence-corrected chi connectivity index (χ0v) is 14.0. The van der Waals surface area contributed by atoms with Crippen molar-refractivity contribution in [1.82, 2.24) is 19.9 Å². The van der Waals surface area contributed by atoms with Crippen LogP contribution in [0.2, 0.25) is 0 Å². The average molecular weight is 344 g/mol. The van der Waals surface area contributed by atoms with Crippen molar-refractivity contribution in [2.45, 2.75) is 6.92 Å². The lowest BCUT2D eigenvalue weighted by atomic mass is 10.2. The standard InChI is InChI=1S/C19H16N6O/c1-12-5-2-9-15(24-12)25-18-16(20)19(23-11-22-18)26-14-8-3-6-13-7-4-10-21-17(13)14/h2-11H,20H2,1H3,(H,22,23,24,25). The number of nitrogens with one attached hydrogen (secondary N) is 1. The van der Waals surface area contributed by atoms with Crippen LogP contribution < -0.4 is 15.8 Å². The van der Waals surface area contributed by atoms with E-state index in [4.69, 9.17) is 10.5 Å². The summed E-state index contributed by atoms with van der Waals surface area (Å²) in [5.74, 6) is 1.91. The molecule has 7 heteroatoms. The molecule has 0 bridgehead atoms. The molecular weight excluding hydrogens is 328 g/mol. The van der Waals surface area contributed by atoms with E-state index in [1.807, 2.05) is 55.5 Å². The van der Waals surface area contributed by atoms with Crippen molar-refractivity contribution < 1.29 is 4.74 Å². The number of aryl methyl sites for hydroxylation is 1. The van der Waals surface area contributed by atoms with Crippen LogP contribution in [0.5, 0.6) is 11.6 Å². The quantitative estimate of drug-likeness (QED) is 0.580. The van der Waals surface area contributed by atoms with E-state index in [1.54, 1.807) is 6.20 Å². The van der Waals surface area contributed by atoms with Crippen LogP contribution in [-0.4, -0.2) is 19.9 Å². The maximum atomic E-state index is 6.20. The van der Waals surface area contributed by atoms with Gasteiger partial charge >= 0.3 is 0 Å². The van der Waals surface area contributed by atoms with Gasteiger partial charge in [0.05, 0.1) is 0 Å². The molecule has 0 aliphatic heterocycles. The van der Waals surface area contributed by atoms with E-state index in [9.17, 15) is 0 Å². The first-order valence-electron chi connectivity index (χ1n) is 8.03. The van der Waals surface area contributed by atoms with E-state index in [2.05, 4.69) is 25.3 Å². The number of aromatic nitrogens is 4. The Hall–Kier alpha value is -3.74. The fraction of sp³-hybridized carbons (Fsp3) is 0.0526. The molecule has 0 radical (unpaired) electrons. The maximum absolute atomic E-state index is 6.20. The molecule has 3 heterocycles. The predicted molar refractivity (Wildman–Crippen MR) is 101 cm³/mol. The van der Waals surface area contributed by atoms with Gasteiger partial charge < -0.3 is 15.8 Å². The van der Waals surface area contributed by atoms with Gasteiger partial charge in [0, 0.05) is 17.3 Å². The highest BCUT2D eigenvalue weighted by atomic mass is 16.5. The molecule has 0 aliphatic carbocycles. The molecule has 0 aliphatic rings. The first-order chi connectivity index (χ1) is 12.7. The lowest BCUT2D eigenvalue weighted by Crippen LogP contribution is -2.04. The van der Waals surface area contributed by atoms with E-state index < -0.39 is 0 Å². The first kappa shape index (κ1) is 15.8. The van der Waals surface area contributed by atoms with Crippen LogP contribution in [0.25, 0.3) is 10.9 Å². The third kappa shape index (κ3) is 3.10. The van der Waals surface area contributed by atoms with Crippen molar-refractivity contribution in [1.29, 1.82) is 0 Å². The van der Waals surface area contributed by atoms with Gasteiger partial charge in [0.1, 0.15) is 23.3 Å². The Labute approximate surface area is 149 Å². The topological polar surface area (TPSA) is 98.8 Å². The second-order valence-corrected chi connectivity index (χ2v) is 5.66. The molecule has 128 valence electrons. The number of rotatable bonds is 4. The van der Waals surface area contributed by atoms with Crippen LogP contribution in [0.1, 0.15) is 5.69 Å². The highest BCUT2D eigenvalue weighted by molar-refractivity contribution is 5.84. The number of hydrogen-bond donors (Lipinski definition) is 2. The minimum absolute atomic E-state index is 0.258. The molecule has 0 saturated carbocycles. The Morgan fingerprint density at radius 3 is 2.69 bits per heavy atom. The molecule has 7 nitrogen and oxygen atoms in total. The summed E-state index contributed by atoms with van der Waals surface area (Å²) in [5, 5.41) is 4.07. The van der Waals surface area contributed by atoms with E-state index in [-0.39, 0.29) is 5.88 Å². The van der Waals surface area contributed by atoms with Crippen molar-refractivity contribution in [3.63, 3.8) is 0 Å². The summed E-state index contributed by atoms with van der Waals surface area (Å²) in [6.07, 6.45) is 3.11. The minimum Gasteiger partial charge on any atom is -0.435 e. The largest absolute Gasteiger partial charge is 0.435 e. The summed E-state index contributed by atoms with van der Waals surface area (Å²) in [6.45, 7) is 1.91. The Balaban J connectivity index is 1.67. The molecular formula is C19H16N6O. The molecule has 4 aromatic rings. The van der Waals surface area contributed by atoms with Gasteiger partial charge in [-0.15, -0.1) is 0 Å². The van der Waals surface area contributed by atoms with Gasteiger partial charge in [0.2, 0.25) is 5.88 Å². The molecule has 0 spiro atoms. The van der Waals surface area contributed by atoms with Gasteiger partial charge in [-0.3, -0.25) is 4.98 Å². The molecule has 0 unspecified atom stereocenters. The number of anilines is 3. The summed E-state index contributed by atoms with van der Waals surface area (Å²) in [4.78, 5) is 17.1. The number of benzene rings is 1. The summed E-state index contributed by atoms with van der Waals surface area (Å²) in [5.41, 5.74) is 8.12. The van der Waals surface area contributed by atoms with E-state index in [0.717, 1.165) is 16.6 Å². The van der Waals surface area contributed by atoms with Crippen molar-refractivity contribution in [2.24, 2.45) is 0 Å². The summed E-state index contributed by atoms with van der Waals surface area (Å²) < 4.78 is 5.93. The molecule has 26 heavy (non-hydrogen) atoms. The van der Waals surface area contributed by atoms with Crippen molar-refractivity contribution in [2.75, 3.05) is 11.1 Å². The van der Waals surface area contributed by atoms with Gasteiger partial charge in [-0.05, 0) is 31.2 Å². The van der Waals surface area contributed by atoms with Gasteiger partial charge in [-0.25, -0.2) is 9.97 Å². The maximum Gasteiger partial charge on any atom is 0.248 e. The fourth-order valence-corrected chi connectivity index (χ4v) is 2.56. The SMILES string of the molecule is Cc1cccc(Nc2ncnc(Oc3cccc4cccnc34)c2N)n1. The number of fused-ring (bicyclic) bond motifs is 1. The molecule has 1 aromatic carbocycles. The fourth-order valence-electron chi connectivity index (χ4n) is 2.56. The molecule has 0 amide bonds. The van der Waals surface area contributed by atoms with Crippen LogP contribution in [-0.2, 0) is 0 Å². The van der Waals surface area contributed by atoms with Crippen LogP contribution >= 0.6 is 0 Å². The lowest BCUT2D eigenvalue weighted by molar-refractivity contribution is 0.469. The van der Waals surface area contributed by atoms with E-state index in [0.29, 0.717) is 23.1 Å². The van der Waals surface area contributed by atoms with Gasteiger partial charge in [0.25, 0.3) is 0 Å². The van der Waals surface area contributed by atoms with Gasteiger partial charge in [-0.1, -0.05) is 24.3 Å². The molecule has 3 N–H and O–H groups in total.